The Hall–Kier alpha value is -4.10. The highest BCUT2D eigenvalue weighted by atomic mass is 32.1. The third kappa shape index (κ3) is 5.46. The molecule has 41 heavy (non-hydrogen) atoms. The van der Waals surface area contributed by atoms with E-state index in [1.165, 1.54) is 4.88 Å². The average Bonchev–Trinajstić information content (AvgIpc) is 3.71. The molecule has 6 nitrogen and oxygen atoms in total. The van der Waals surface area contributed by atoms with E-state index < -0.39 is 0 Å². The first-order valence-corrected chi connectivity index (χ1v) is 14.9. The van der Waals surface area contributed by atoms with Crippen LogP contribution in [0.1, 0.15) is 59.3 Å². The molecule has 0 bridgehead atoms. The van der Waals surface area contributed by atoms with E-state index in [1.54, 1.807) is 24.7 Å². The highest BCUT2D eigenvalue weighted by Crippen LogP contribution is 2.45. The van der Waals surface area contributed by atoms with Crippen LogP contribution in [0.2, 0.25) is 0 Å². The molecule has 210 valence electrons. The molecule has 6 rings (SSSR count). The normalized spacial score (nSPS) is 15.4. The van der Waals surface area contributed by atoms with Crippen molar-refractivity contribution >= 4 is 39.4 Å². The van der Waals surface area contributed by atoms with Crippen LogP contribution < -0.4 is 10.1 Å². The number of hydrogen-bond donors (Lipinski definition) is 2. The number of rotatable bonds is 7. The SMILES string of the molecule is COc1ccc2[nH]c(-c3ccccc3)c(C=Nc3sc4c(c3C(=O)NCc3ccco3)CC[C@@H](C(C)(C)C)C4)c2c1. The molecule has 0 fully saturated rings. The number of methoxy groups -OCH3 is 1. The lowest BCUT2D eigenvalue weighted by Gasteiger charge is -2.33. The number of carbonyl (C=O) groups is 1. The largest absolute Gasteiger partial charge is 0.497 e. The number of aliphatic imine (C=N–C) groups is 1. The van der Waals surface area contributed by atoms with Crippen molar-refractivity contribution in [1.29, 1.82) is 0 Å². The van der Waals surface area contributed by atoms with Crippen LogP contribution in [0.25, 0.3) is 22.2 Å². The third-order valence-corrected chi connectivity index (χ3v) is 9.28. The zero-order valence-corrected chi connectivity index (χ0v) is 24.7. The predicted octanol–water partition coefficient (Wildman–Crippen LogP) is 8.33. The number of nitrogens with zero attached hydrogens (tertiary/aromatic N) is 1. The van der Waals surface area contributed by atoms with Gasteiger partial charge in [0.05, 0.1) is 31.2 Å². The van der Waals surface area contributed by atoms with Crippen molar-refractivity contribution < 1.29 is 13.9 Å². The first-order valence-electron chi connectivity index (χ1n) is 14.1. The number of aromatic nitrogens is 1. The van der Waals surface area contributed by atoms with Crippen molar-refractivity contribution in [2.75, 3.05) is 7.11 Å². The second kappa shape index (κ2) is 11.1. The summed E-state index contributed by atoms with van der Waals surface area (Å²) in [6.07, 6.45) is 6.44. The molecule has 1 atom stereocenters. The molecule has 0 saturated heterocycles. The number of amides is 1. The number of furan rings is 1. The van der Waals surface area contributed by atoms with Gasteiger partial charge >= 0.3 is 0 Å². The quantitative estimate of drug-likeness (QED) is 0.195. The molecule has 0 unspecified atom stereocenters. The Morgan fingerprint density at radius 1 is 1.17 bits per heavy atom. The van der Waals surface area contributed by atoms with Gasteiger partial charge in [0.25, 0.3) is 5.91 Å². The van der Waals surface area contributed by atoms with E-state index in [4.69, 9.17) is 14.1 Å². The monoisotopic (exact) mass is 565 g/mol. The Balaban J connectivity index is 1.43. The maximum atomic E-state index is 13.7. The average molecular weight is 566 g/mol. The van der Waals surface area contributed by atoms with Crippen molar-refractivity contribution in [1.82, 2.24) is 10.3 Å². The van der Waals surface area contributed by atoms with Gasteiger partial charge in [0.1, 0.15) is 16.5 Å². The summed E-state index contributed by atoms with van der Waals surface area (Å²) < 4.78 is 11.0. The van der Waals surface area contributed by atoms with E-state index in [-0.39, 0.29) is 11.3 Å². The molecule has 0 radical (unpaired) electrons. The summed E-state index contributed by atoms with van der Waals surface area (Å²) >= 11 is 1.65. The van der Waals surface area contributed by atoms with Crippen LogP contribution in [-0.4, -0.2) is 24.2 Å². The molecule has 7 heteroatoms. The van der Waals surface area contributed by atoms with Gasteiger partial charge in [0.15, 0.2) is 0 Å². The molecule has 0 aliphatic heterocycles. The number of nitrogens with one attached hydrogen (secondary N) is 2. The van der Waals surface area contributed by atoms with Crippen molar-refractivity contribution in [2.45, 2.75) is 46.6 Å². The highest BCUT2D eigenvalue weighted by Gasteiger charge is 2.33. The first kappa shape index (κ1) is 27.1. The minimum Gasteiger partial charge on any atom is -0.497 e. The Morgan fingerprint density at radius 2 is 2.00 bits per heavy atom. The van der Waals surface area contributed by atoms with Gasteiger partial charge in [0, 0.05) is 27.6 Å². The van der Waals surface area contributed by atoms with E-state index in [0.717, 1.165) is 69.1 Å². The summed E-state index contributed by atoms with van der Waals surface area (Å²) in [5.74, 6) is 1.96. The molecule has 0 spiro atoms. The molecular formula is C34H35N3O3S. The molecule has 2 N–H and O–H groups in total. The summed E-state index contributed by atoms with van der Waals surface area (Å²) in [6, 6.07) is 20.0. The van der Waals surface area contributed by atoms with Crippen molar-refractivity contribution in [3.63, 3.8) is 0 Å². The topological polar surface area (TPSA) is 79.6 Å². The lowest BCUT2D eigenvalue weighted by molar-refractivity contribution is 0.0947. The number of hydrogen-bond acceptors (Lipinski definition) is 5. The second-order valence-corrected chi connectivity index (χ2v) is 12.8. The molecule has 5 aromatic rings. The van der Waals surface area contributed by atoms with Crippen molar-refractivity contribution in [3.8, 4) is 17.0 Å². The van der Waals surface area contributed by atoms with Crippen molar-refractivity contribution in [2.24, 2.45) is 16.3 Å². The lowest BCUT2D eigenvalue weighted by atomic mass is 9.72. The van der Waals surface area contributed by atoms with Crippen LogP contribution in [0.4, 0.5) is 5.00 Å². The fraction of sp³-hybridized carbons (Fsp3) is 0.294. The van der Waals surface area contributed by atoms with Crippen LogP contribution in [0, 0.1) is 11.3 Å². The second-order valence-electron chi connectivity index (χ2n) is 11.7. The molecule has 1 aliphatic rings. The van der Waals surface area contributed by atoms with Gasteiger partial charge in [-0.05, 0) is 72.1 Å². The minimum absolute atomic E-state index is 0.107. The number of H-pyrrole nitrogens is 1. The number of ether oxygens (including phenoxy) is 1. The van der Waals surface area contributed by atoms with Gasteiger partial charge in [-0.1, -0.05) is 51.1 Å². The summed E-state index contributed by atoms with van der Waals surface area (Å²) in [4.78, 5) is 23.6. The van der Waals surface area contributed by atoms with E-state index in [0.29, 0.717) is 18.0 Å². The Morgan fingerprint density at radius 3 is 2.73 bits per heavy atom. The molecule has 2 aromatic carbocycles. The number of aromatic amines is 1. The first-order chi connectivity index (χ1) is 19.8. The van der Waals surface area contributed by atoms with E-state index in [1.807, 2.05) is 54.7 Å². The van der Waals surface area contributed by atoms with Crippen LogP contribution >= 0.6 is 11.3 Å². The Kier molecular flexibility index (Phi) is 7.30. The van der Waals surface area contributed by atoms with Gasteiger partial charge in [-0.3, -0.25) is 4.79 Å². The summed E-state index contributed by atoms with van der Waals surface area (Å²) in [7, 11) is 1.67. The maximum absolute atomic E-state index is 13.7. The van der Waals surface area contributed by atoms with Gasteiger partial charge in [-0.15, -0.1) is 11.3 Å². The summed E-state index contributed by atoms with van der Waals surface area (Å²) in [5, 5.41) is 4.84. The van der Waals surface area contributed by atoms with E-state index in [9.17, 15) is 4.79 Å². The van der Waals surface area contributed by atoms with Gasteiger partial charge in [-0.2, -0.15) is 0 Å². The van der Waals surface area contributed by atoms with Crippen LogP contribution in [0.5, 0.6) is 5.75 Å². The highest BCUT2D eigenvalue weighted by molar-refractivity contribution is 7.16. The zero-order valence-electron chi connectivity index (χ0n) is 23.9. The zero-order chi connectivity index (χ0) is 28.6. The smallest absolute Gasteiger partial charge is 0.255 e. The molecular weight excluding hydrogens is 530 g/mol. The number of thiophene rings is 1. The van der Waals surface area contributed by atoms with Crippen LogP contribution in [-0.2, 0) is 19.4 Å². The molecule has 3 aromatic heterocycles. The standard InChI is InChI=1S/C34H35N3O3S/c1-34(2,3)22-12-14-25-29(17-22)41-33(30(25)32(38)35-19-24-11-8-16-40-24)36-20-27-26-18-23(39-4)13-15-28(26)37-31(27)21-9-6-5-7-10-21/h5-11,13,15-16,18,20,22,37H,12,14,17,19H2,1-4H3,(H,35,38)/t22-/m1/s1. The minimum atomic E-state index is -0.107. The molecule has 0 saturated carbocycles. The fourth-order valence-corrected chi connectivity index (χ4v) is 6.98. The molecule has 1 amide bonds. The number of carbonyl (C=O) groups excluding carboxylic acids is 1. The fourth-order valence-electron chi connectivity index (χ4n) is 5.71. The number of benzene rings is 2. The maximum Gasteiger partial charge on any atom is 0.255 e. The summed E-state index contributed by atoms with van der Waals surface area (Å²) in [6.45, 7) is 7.26. The van der Waals surface area contributed by atoms with Gasteiger partial charge in [0.2, 0.25) is 0 Å². The van der Waals surface area contributed by atoms with Crippen LogP contribution in [0.15, 0.2) is 76.3 Å². The number of fused-ring (bicyclic) bond motifs is 2. The lowest BCUT2D eigenvalue weighted by Crippen LogP contribution is -2.28. The van der Waals surface area contributed by atoms with Gasteiger partial charge in [-0.25, -0.2) is 4.99 Å². The van der Waals surface area contributed by atoms with Gasteiger partial charge < -0.3 is 19.5 Å². The predicted molar refractivity (Wildman–Crippen MR) is 167 cm³/mol. The Bertz CT molecular complexity index is 1710. The third-order valence-electron chi connectivity index (χ3n) is 8.12. The summed E-state index contributed by atoms with van der Waals surface area (Å²) in [5.41, 5.74) is 6.06. The molecule has 1 aliphatic carbocycles. The Labute approximate surface area is 244 Å². The van der Waals surface area contributed by atoms with Crippen LogP contribution in [0.3, 0.4) is 0 Å². The van der Waals surface area contributed by atoms with Crippen molar-refractivity contribution in [3.05, 3.63) is 94.3 Å². The van der Waals surface area contributed by atoms with E-state index >= 15 is 0 Å². The molecule has 3 heterocycles. The van der Waals surface area contributed by atoms with E-state index in [2.05, 4.69) is 43.2 Å².